The molecule has 0 radical (unpaired) electrons. The lowest BCUT2D eigenvalue weighted by atomic mass is 9.85. The molecule has 2 nitrogen and oxygen atoms in total. The maximum Gasteiger partial charge on any atom is 0.142 e. The number of rotatable bonds is 2. The third kappa shape index (κ3) is 1.80. The van der Waals surface area contributed by atoms with Gasteiger partial charge in [-0.05, 0) is 31.4 Å². The van der Waals surface area contributed by atoms with Crippen LogP contribution in [0.25, 0.3) is 0 Å². The van der Waals surface area contributed by atoms with Gasteiger partial charge in [-0.2, -0.15) is 0 Å². The Morgan fingerprint density at radius 2 is 1.94 bits per heavy atom. The fraction of sp³-hybridized carbons (Fsp3) is 0.538. The SMILES string of the molecule is COc1c(Cl)ccc(C)c1C1(N)CCCC1. The second-order valence-electron chi connectivity index (χ2n) is 4.64. The zero-order valence-corrected chi connectivity index (χ0v) is 10.6. The number of nitrogens with two attached hydrogens (primary N) is 1. The molecule has 0 heterocycles. The Morgan fingerprint density at radius 1 is 1.31 bits per heavy atom. The largest absolute Gasteiger partial charge is 0.495 e. The number of hydrogen-bond donors (Lipinski definition) is 1. The van der Waals surface area contributed by atoms with Crippen LogP contribution in [0, 0.1) is 6.92 Å². The van der Waals surface area contributed by atoms with E-state index in [0.717, 1.165) is 24.2 Å². The molecule has 1 aliphatic rings. The summed E-state index contributed by atoms with van der Waals surface area (Å²) in [4.78, 5) is 0. The molecule has 0 aromatic heterocycles. The van der Waals surface area contributed by atoms with Crippen LogP contribution in [-0.4, -0.2) is 7.11 Å². The van der Waals surface area contributed by atoms with Crippen molar-refractivity contribution in [3.05, 3.63) is 28.3 Å². The molecular weight excluding hydrogens is 222 g/mol. The first-order chi connectivity index (χ1) is 7.58. The molecule has 0 amide bonds. The first-order valence-electron chi connectivity index (χ1n) is 5.71. The minimum Gasteiger partial charge on any atom is -0.495 e. The van der Waals surface area contributed by atoms with Crippen LogP contribution in [0.1, 0.15) is 36.8 Å². The normalized spacial score (nSPS) is 18.8. The predicted octanol–water partition coefficient (Wildman–Crippen LogP) is 3.39. The van der Waals surface area contributed by atoms with E-state index in [9.17, 15) is 0 Å². The maximum atomic E-state index is 6.49. The molecule has 88 valence electrons. The molecule has 3 heteroatoms. The Morgan fingerprint density at radius 3 is 2.50 bits per heavy atom. The van der Waals surface area contributed by atoms with E-state index in [1.165, 1.54) is 18.4 Å². The Labute approximate surface area is 102 Å². The van der Waals surface area contributed by atoms with Crippen LogP contribution in [0.3, 0.4) is 0 Å². The van der Waals surface area contributed by atoms with Gasteiger partial charge in [-0.3, -0.25) is 0 Å². The van der Waals surface area contributed by atoms with Crippen molar-refractivity contribution in [1.29, 1.82) is 0 Å². The van der Waals surface area contributed by atoms with Gasteiger partial charge in [0.05, 0.1) is 12.1 Å². The van der Waals surface area contributed by atoms with Crippen LogP contribution in [0.5, 0.6) is 5.75 Å². The van der Waals surface area contributed by atoms with E-state index >= 15 is 0 Å². The van der Waals surface area contributed by atoms with Gasteiger partial charge in [0.25, 0.3) is 0 Å². The number of benzene rings is 1. The third-order valence-electron chi connectivity index (χ3n) is 3.52. The van der Waals surface area contributed by atoms with Crippen molar-refractivity contribution in [3.8, 4) is 5.75 Å². The molecule has 0 spiro atoms. The quantitative estimate of drug-likeness (QED) is 0.859. The zero-order valence-electron chi connectivity index (χ0n) is 9.85. The summed E-state index contributed by atoms with van der Waals surface area (Å²) in [5.74, 6) is 0.756. The minimum absolute atomic E-state index is 0.250. The molecule has 2 rings (SSSR count). The summed E-state index contributed by atoms with van der Waals surface area (Å²) < 4.78 is 5.42. The van der Waals surface area contributed by atoms with Crippen LogP contribution in [0.2, 0.25) is 5.02 Å². The number of halogens is 1. The Hall–Kier alpha value is -0.730. The van der Waals surface area contributed by atoms with E-state index in [2.05, 4.69) is 6.92 Å². The summed E-state index contributed by atoms with van der Waals surface area (Å²) in [5, 5.41) is 0.653. The highest BCUT2D eigenvalue weighted by atomic mass is 35.5. The number of methoxy groups -OCH3 is 1. The van der Waals surface area contributed by atoms with E-state index in [-0.39, 0.29) is 5.54 Å². The van der Waals surface area contributed by atoms with Crippen molar-refractivity contribution < 1.29 is 4.74 Å². The lowest BCUT2D eigenvalue weighted by Gasteiger charge is -2.28. The topological polar surface area (TPSA) is 35.2 Å². The second kappa shape index (κ2) is 4.27. The highest BCUT2D eigenvalue weighted by molar-refractivity contribution is 6.32. The van der Waals surface area contributed by atoms with E-state index < -0.39 is 0 Å². The molecule has 0 atom stereocenters. The predicted molar refractivity (Wildman–Crippen MR) is 67.1 cm³/mol. The van der Waals surface area contributed by atoms with Gasteiger partial charge in [0.15, 0.2) is 0 Å². The van der Waals surface area contributed by atoms with E-state index in [0.29, 0.717) is 5.02 Å². The molecule has 1 saturated carbocycles. The number of aryl methyl sites for hydroxylation is 1. The van der Waals surface area contributed by atoms with Crippen LogP contribution >= 0.6 is 11.6 Å². The summed E-state index contributed by atoms with van der Waals surface area (Å²) in [6.45, 7) is 2.07. The van der Waals surface area contributed by atoms with Gasteiger partial charge in [0, 0.05) is 11.1 Å². The van der Waals surface area contributed by atoms with E-state index in [1.807, 2.05) is 12.1 Å². The molecule has 0 unspecified atom stereocenters. The third-order valence-corrected chi connectivity index (χ3v) is 3.81. The standard InChI is InChI=1S/C13H18ClNO/c1-9-5-6-10(14)12(16-2)11(9)13(15)7-3-4-8-13/h5-6H,3-4,7-8,15H2,1-2H3. The average Bonchev–Trinajstić information content (AvgIpc) is 2.69. The highest BCUT2D eigenvalue weighted by Gasteiger charge is 2.35. The summed E-state index contributed by atoms with van der Waals surface area (Å²) in [6, 6.07) is 3.89. The van der Waals surface area contributed by atoms with Crippen molar-refractivity contribution in [2.24, 2.45) is 5.73 Å². The number of hydrogen-bond acceptors (Lipinski definition) is 2. The lowest BCUT2D eigenvalue weighted by Crippen LogP contribution is -2.34. The van der Waals surface area contributed by atoms with Gasteiger partial charge in [0.1, 0.15) is 5.75 Å². The van der Waals surface area contributed by atoms with Crippen LogP contribution in [0.15, 0.2) is 12.1 Å². The van der Waals surface area contributed by atoms with Crippen molar-refractivity contribution in [2.45, 2.75) is 38.1 Å². The zero-order chi connectivity index (χ0) is 11.8. The van der Waals surface area contributed by atoms with Gasteiger partial charge >= 0.3 is 0 Å². The molecule has 1 aromatic carbocycles. The summed E-state index contributed by atoms with van der Waals surface area (Å²) in [6.07, 6.45) is 4.41. The van der Waals surface area contributed by atoms with Gasteiger partial charge in [-0.1, -0.05) is 30.5 Å². The van der Waals surface area contributed by atoms with Gasteiger partial charge in [-0.15, -0.1) is 0 Å². The maximum absolute atomic E-state index is 6.49. The van der Waals surface area contributed by atoms with Crippen molar-refractivity contribution in [3.63, 3.8) is 0 Å². The fourth-order valence-corrected chi connectivity index (χ4v) is 2.96. The number of ether oxygens (including phenoxy) is 1. The first-order valence-corrected chi connectivity index (χ1v) is 6.09. The first kappa shape index (κ1) is 11.7. The molecule has 1 aliphatic carbocycles. The van der Waals surface area contributed by atoms with E-state index in [4.69, 9.17) is 22.1 Å². The van der Waals surface area contributed by atoms with Crippen LogP contribution in [0.4, 0.5) is 0 Å². The Balaban J connectivity index is 2.57. The summed E-state index contributed by atoms with van der Waals surface area (Å²) in [5.41, 5.74) is 8.51. The molecule has 1 fully saturated rings. The lowest BCUT2D eigenvalue weighted by molar-refractivity contribution is 0.378. The molecule has 2 N–H and O–H groups in total. The van der Waals surface area contributed by atoms with Crippen LogP contribution < -0.4 is 10.5 Å². The smallest absolute Gasteiger partial charge is 0.142 e. The average molecular weight is 240 g/mol. The highest BCUT2D eigenvalue weighted by Crippen LogP contribution is 2.44. The molecule has 0 bridgehead atoms. The molecular formula is C13H18ClNO. The van der Waals surface area contributed by atoms with Crippen LogP contribution in [-0.2, 0) is 5.54 Å². The molecule has 0 saturated heterocycles. The Kier molecular flexibility index (Phi) is 3.13. The van der Waals surface area contributed by atoms with Gasteiger partial charge in [0.2, 0.25) is 0 Å². The second-order valence-corrected chi connectivity index (χ2v) is 5.04. The van der Waals surface area contributed by atoms with Crippen molar-refractivity contribution in [2.75, 3.05) is 7.11 Å². The molecule has 0 aliphatic heterocycles. The Bertz CT molecular complexity index is 397. The minimum atomic E-state index is -0.250. The van der Waals surface area contributed by atoms with Gasteiger partial charge < -0.3 is 10.5 Å². The summed E-state index contributed by atoms with van der Waals surface area (Å²) in [7, 11) is 1.66. The monoisotopic (exact) mass is 239 g/mol. The van der Waals surface area contributed by atoms with Crippen molar-refractivity contribution >= 4 is 11.6 Å². The molecule has 16 heavy (non-hydrogen) atoms. The fourth-order valence-electron chi connectivity index (χ4n) is 2.73. The molecule has 1 aromatic rings. The van der Waals surface area contributed by atoms with Crippen molar-refractivity contribution in [1.82, 2.24) is 0 Å². The van der Waals surface area contributed by atoms with E-state index in [1.54, 1.807) is 7.11 Å². The van der Waals surface area contributed by atoms with Gasteiger partial charge in [-0.25, -0.2) is 0 Å². The summed E-state index contributed by atoms with van der Waals surface area (Å²) >= 11 is 6.16.